The number of hydrogen-bond acceptors (Lipinski definition) is 3. The molecule has 2 amide bonds. The second kappa shape index (κ2) is 7.99. The van der Waals surface area contributed by atoms with E-state index in [4.69, 9.17) is 0 Å². The van der Waals surface area contributed by atoms with E-state index in [1.165, 1.54) is 26.2 Å². The van der Waals surface area contributed by atoms with E-state index in [9.17, 15) is 9.59 Å². The summed E-state index contributed by atoms with van der Waals surface area (Å²) in [7, 11) is 2.06. The molecule has 0 aromatic heterocycles. The molecule has 152 valence electrons. The molecule has 1 fully saturated rings. The molecule has 2 aliphatic rings. The number of aryl methyl sites for hydroxylation is 1. The highest BCUT2D eigenvalue weighted by Gasteiger charge is 2.35. The van der Waals surface area contributed by atoms with Gasteiger partial charge in [0.1, 0.15) is 0 Å². The summed E-state index contributed by atoms with van der Waals surface area (Å²) in [5, 5.41) is 6.94. The zero-order valence-corrected chi connectivity index (χ0v) is 17.5. The van der Waals surface area contributed by atoms with Crippen LogP contribution in [0.25, 0.3) is 11.1 Å². The molecule has 4 rings (SSSR count). The Morgan fingerprint density at radius 1 is 1.10 bits per heavy atom. The molecule has 0 spiro atoms. The van der Waals surface area contributed by atoms with Crippen LogP contribution in [0.2, 0.25) is 0 Å². The van der Waals surface area contributed by atoms with E-state index in [-0.39, 0.29) is 11.8 Å². The Balaban J connectivity index is 1.62. The van der Waals surface area contributed by atoms with Gasteiger partial charge in [-0.2, -0.15) is 0 Å². The first-order valence-corrected chi connectivity index (χ1v) is 10.5. The van der Waals surface area contributed by atoms with E-state index in [1.807, 2.05) is 36.2 Å². The Kier molecular flexibility index (Phi) is 5.41. The maximum Gasteiger partial charge on any atom is 0.269 e. The van der Waals surface area contributed by atoms with Crippen LogP contribution in [0.3, 0.4) is 0 Å². The number of rotatable bonds is 4. The lowest BCUT2D eigenvalue weighted by Gasteiger charge is -2.37. The van der Waals surface area contributed by atoms with E-state index in [2.05, 4.69) is 29.5 Å². The van der Waals surface area contributed by atoms with Crippen LogP contribution < -0.4 is 5.32 Å². The van der Waals surface area contributed by atoms with Crippen LogP contribution in [0.15, 0.2) is 36.4 Å². The van der Waals surface area contributed by atoms with E-state index in [1.54, 1.807) is 0 Å². The standard InChI is InChI=1S/C24H29N3O2/c1-16-12-19(18-8-7-9-21(14-18)25-17(2)28)13-20-15-27(24(29)23(16)20)26(3)22-10-5-4-6-11-22/h7-9,12-14,22H,4-6,10-11,15H2,1-3H3,(H,25,28). The van der Waals surface area contributed by atoms with E-state index >= 15 is 0 Å². The predicted molar refractivity (Wildman–Crippen MR) is 115 cm³/mol. The lowest BCUT2D eigenvalue weighted by molar-refractivity contribution is -0.114. The molecule has 0 radical (unpaired) electrons. The van der Waals surface area contributed by atoms with Gasteiger partial charge in [0.25, 0.3) is 5.91 Å². The van der Waals surface area contributed by atoms with Crippen molar-refractivity contribution in [1.82, 2.24) is 10.0 Å². The second-order valence-electron chi connectivity index (χ2n) is 8.32. The Morgan fingerprint density at radius 3 is 2.59 bits per heavy atom. The summed E-state index contributed by atoms with van der Waals surface area (Å²) in [4.78, 5) is 24.5. The number of amides is 2. The summed E-state index contributed by atoms with van der Waals surface area (Å²) in [6.07, 6.45) is 6.13. The molecule has 1 N–H and O–H groups in total. The molecule has 1 aliphatic carbocycles. The Bertz CT molecular complexity index is 947. The topological polar surface area (TPSA) is 52.7 Å². The number of fused-ring (bicyclic) bond motifs is 1. The molecular weight excluding hydrogens is 362 g/mol. The monoisotopic (exact) mass is 391 g/mol. The molecule has 2 aromatic rings. The van der Waals surface area contributed by atoms with Gasteiger partial charge in [0.05, 0.1) is 6.54 Å². The molecule has 0 atom stereocenters. The Hall–Kier alpha value is -2.66. The minimum Gasteiger partial charge on any atom is -0.326 e. The number of nitrogens with zero attached hydrogens (tertiary/aromatic N) is 2. The first kappa shape index (κ1) is 19.6. The van der Waals surface area contributed by atoms with Crippen LogP contribution in [0.4, 0.5) is 5.69 Å². The zero-order valence-electron chi connectivity index (χ0n) is 17.5. The first-order chi connectivity index (χ1) is 13.9. The van der Waals surface area contributed by atoms with Crippen LogP contribution in [-0.4, -0.2) is 34.9 Å². The fourth-order valence-corrected chi connectivity index (χ4v) is 4.71. The van der Waals surface area contributed by atoms with Gasteiger partial charge in [-0.25, -0.2) is 5.01 Å². The van der Waals surface area contributed by atoms with Gasteiger partial charge in [0, 0.05) is 31.3 Å². The third-order valence-electron chi connectivity index (χ3n) is 6.19. The fourth-order valence-electron chi connectivity index (χ4n) is 4.71. The summed E-state index contributed by atoms with van der Waals surface area (Å²) in [5.41, 5.74) is 5.82. The van der Waals surface area contributed by atoms with Crippen molar-refractivity contribution < 1.29 is 9.59 Å². The molecule has 0 unspecified atom stereocenters. The van der Waals surface area contributed by atoms with Crippen molar-refractivity contribution in [3.63, 3.8) is 0 Å². The molecule has 2 aromatic carbocycles. The first-order valence-electron chi connectivity index (χ1n) is 10.5. The van der Waals surface area contributed by atoms with E-state index < -0.39 is 0 Å². The molecule has 1 heterocycles. The van der Waals surface area contributed by atoms with Crippen molar-refractivity contribution >= 4 is 17.5 Å². The van der Waals surface area contributed by atoms with Gasteiger partial charge in [0.2, 0.25) is 5.91 Å². The van der Waals surface area contributed by atoms with E-state index in [0.717, 1.165) is 46.3 Å². The van der Waals surface area contributed by atoms with Gasteiger partial charge in [-0.1, -0.05) is 37.5 Å². The van der Waals surface area contributed by atoms with Crippen molar-refractivity contribution in [2.75, 3.05) is 12.4 Å². The molecular formula is C24H29N3O2. The number of anilines is 1. The lowest BCUT2D eigenvalue weighted by atomic mass is 9.95. The summed E-state index contributed by atoms with van der Waals surface area (Å²) >= 11 is 0. The normalized spacial score (nSPS) is 17.0. The number of carbonyl (C=O) groups excluding carboxylic acids is 2. The van der Waals surface area contributed by atoms with E-state index in [0.29, 0.717) is 12.6 Å². The molecule has 29 heavy (non-hydrogen) atoms. The molecule has 1 saturated carbocycles. The van der Waals surface area contributed by atoms with Gasteiger partial charge in [-0.05, 0) is 60.2 Å². The highest BCUT2D eigenvalue weighted by molar-refractivity contribution is 6.00. The van der Waals surface area contributed by atoms with Crippen LogP contribution >= 0.6 is 0 Å². The lowest BCUT2D eigenvalue weighted by Crippen LogP contribution is -2.47. The van der Waals surface area contributed by atoms with Gasteiger partial charge in [0.15, 0.2) is 0 Å². The predicted octanol–water partition coefficient (Wildman–Crippen LogP) is 4.76. The zero-order chi connectivity index (χ0) is 20.5. The number of hydrazine groups is 1. The van der Waals surface area contributed by atoms with Crippen molar-refractivity contribution in [2.24, 2.45) is 0 Å². The number of nitrogens with one attached hydrogen (secondary N) is 1. The summed E-state index contributed by atoms with van der Waals surface area (Å²) < 4.78 is 0. The molecule has 5 nitrogen and oxygen atoms in total. The maximum absolute atomic E-state index is 13.2. The van der Waals surface area contributed by atoms with Gasteiger partial charge in [-0.3, -0.25) is 14.6 Å². The second-order valence-corrected chi connectivity index (χ2v) is 8.32. The highest BCUT2D eigenvalue weighted by Crippen LogP contribution is 2.34. The SMILES string of the molecule is CC(=O)Nc1cccc(-c2cc(C)c3c(c2)CN(N(C)C2CCCCC2)C3=O)c1. The number of hydrogen-bond donors (Lipinski definition) is 1. The third-order valence-corrected chi connectivity index (χ3v) is 6.19. The van der Waals surface area contributed by atoms with Gasteiger partial charge in [-0.15, -0.1) is 0 Å². The summed E-state index contributed by atoms with van der Waals surface area (Å²) in [6, 6.07) is 12.5. The quantitative estimate of drug-likeness (QED) is 0.818. The van der Waals surface area contributed by atoms with Gasteiger partial charge >= 0.3 is 0 Å². The van der Waals surface area contributed by atoms with Crippen molar-refractivity contribution in [3.05, 3.63) is 53.1 Å². The maximum atomic E-state index is 13.2. The molecule has 5 heteroatoms. The van der Waals surface area contributed by atoms with Crippen molar-refractivity contribution in [1.29, 1.82) is 0 Å². The third kappa shape index (κ3) is 3.92. The molecule has 0 saturated heterocycles. The average molecular weight is 392 g/mol. The molecule has 1 aliphatic heterocycles. The van der Waals surface area contributed by atoms with Crippen LogP contribution in [0, 0.1) is 6.92 Å². The Morgan fingerprint density at radius 2 is 1.86 bits per heavy atom. The smallest absolute Gasteiger partial charge is 0.269 e. The van der Waals surface area contributed by atoms with Crippen LogP contribution in [-0.2, 0) is 11.3 Å². The van der Waals surface area contributed by atoms with Crippen molar-refractivity contribution in [3.8, 4) is 11.1 Å². The number of benzene rings is 2. The van der Waals surface area contributed by atoms with Crippen molar-refractivity contribution in [2.45, 2.75) is 58.5 Å². The average Bonchev–Trinajstić information content (AvgIpc) is 3.04. The number of carbonyl (C=O) groups is 2. The Labute approximate surface area is 172 Å². The largest absolute Gasteiger partial charge is 0.326 e. The summed E-state index contributed by atoms with van der Waals surface area (Å²) in [6.45, 7) is 4.15. The highest BCUT2D eigenvalue weighted by atomic mass is 16.2. The minimum atomic E-state index is -0.0840. The fraction of sp³-hybridized carbons (Fsp3) is 0.417. The molecule has 0 bridgehead atoms. The minimum absolute atomic E-state index is 0.0840. The summed E-state index contributed by atoms with van der Waals surface area (Å²) in [5.74, 6) is 0.0309. The van der Waals surface area contributed by atoms with Crippen LogP contribution in [0.5, 0.6) is 0 Å². The van der Waals surface area contributed by atoms with Gasteiger partial charge < -0.3 is 5.32 Å². The van der Waals surface area contributed by atoms with Crippen LogP contribution in [0.1, 0.15) is 60.5 Å².